The fraction of sp³-hybridized carbons (Fsp3) is 0.588. The van der Waals surface area contributed by atoms with Crippen molar-refractivity contribution in [3.05, 3.63) is 11.3 Å². The van der Waals surface area contributed by atoms with E-state index in [1.54, 1.807) is 0 Å². The Morgan fingerprint density at radius 2 is 2.03 bits per heavy atom. The number of esters is 1. The summed E-state index contributed by atoms with van der Waals surface area (Å²) in [6, 6.07) is -1.09. The molecule has 0 aromatic carbocycles. The number of hydrogen-bond acceptors (Lipinski definition) is 9. The topological polar surface area (TPSA) is 186 Å². The Morgan fingerprint density at radius 3 is 2.57 bits per heavy atom. The molecule has 5 N–H and O–H groups in total. The fourth-order valence-electron chi connectivity index (χ4n) is 3.12. The van der Waals surface area contributed by atoms with E-state index >= 15 is 0 Å². The molecule has 0 spiro atoms. The molecule has 0 aliphatic carbocycles. The number of amides is 2. The average molecular weight is 445 g/mol. The maximum absolute atomic E-state index is 12.8. The van der Waals surface area contributed by atoms with Crippen LogP contribution in [0.5, 0.6) is 0 Å². The van der Waals surface area contributed by atoms with Crippen LogP contribution in [-0.4, -0.2) is 81.4 Å². The highest BCUT2D eigenvalue weighted by Crippen LogP contribution is 2.46. The fourth-order valence-corrected chi connectivity index (χ4v) is 4.54. The van der Waals surface area contributed by atoms with Crippen LogP contribution in [0.4, 0.5) is 0 Å². The standard InChI is InChI=1S/C17H23N3O9S/c1-8(21)29-6-9-7-30-16-17(28-2,15(27)20(16)12(9)14(25)26)19-11(22)5-3-4-10(18)13(23)24/h10,16H,3-7,18H2,1-2H3,(H,19,22)(H,23,24)(H,25,26)/t10-,16+,17+/m1/s1. The highest BCUT2D eigenvalue weighted by molar-refractivity contribution is 8.00. The molecule has 0 aromatic rings. The van der Waals surface area contributed by atoms with E-state index < -0.39 is 46.9 Å². The van der Waals surface area contributed by atoms with E-state index in [2.05, 4.69) is 5.32 Å². The molecule has 12 nitrogen and oxygen atoms in total. The van der Waals surface area contributed by atoms with Crippen molar-refractivity contribution in [3.63, 3.8) is 0 Å². The van der Waals surface area contributed by atoms with Crippen LogP contribution >= 0.6 is 11.8 Å². The van der Waals surface area contributed by atoms with Gasteiger partial charge in [0.05, 0.1) is 0 Å². The number of aliphatic carboxylic acids is 2. The van der Waals surface area contributed by atoms with E-state index in [1.165, 1.54) is 14.0 Å². The second-order valence-corrected chi connectivity index (χ2v) is 7.77. The number of carboxylic acid groups (broad SMARTS) is 2. The first-order chi connectivity index (χ1) is 14.0. The number of methoxy groups -OCH3 is 1. The summed E-state index contributed by atoms with van der Waals surface area (Å²) >= 11 is 1.16. The highest BCUT2D eigenvalue weighted by Gasteiger charge is 2.66. The largest absolute Gasteiger partial charge is 0.480 e. The number of carbonyl (C=O) groups excluding carboxylic acids is 3. The SMILES string of the molecule is CO[C@@]1(NC(=O)CCC[C@@H](N)C(=O)O)C(=O)N2C(C(=O)O)=C(COC(C)=O)CS[C@H]21. The molecule has 1 saturated heterocycles. The van der Waals surface area contributed by atoms with Crippen molar-refractivity contribution in [1.82, 2.24) is 10.2 Å². The highest BCUT2D eigenvalue weighted by atomic mass is 32.2. The molecule has 2 amide bonds. The zero-order chi connectivity index (χ0) is 22.6. The molecule has 2 aliphatic heterocycles. The van der Waals surface area contributed by atoms with Crippen LogP contribution in [0, 0.1) is 0 Å². The maximum atomic E-state index is 12.8. The van der Waals surface area contributed by atoms with Gasteiger partial charge in [-0.15, -0.1) is 11.8 Å². The van der Waals surface area contributed by atoms with Crippen molar-refractivity contribution in [2.45, 2.75) is 43.3 Å². The summed E-state index contributed by atoms with van der Waals surface area (Å²) in [5.41, 5.74) is 3.59. The number of nitrogens with one attached hydrogen (secondary N) is 1. The summed E-state index contributed by atoms with van der Waals surface area (Å²) in [6.07, 6.45) is 0.171. The quantitative estimate of drug-likeness (QED) is 0.181. The van der Waals surface area contributed by atoms with Crippen LogP contribution in [0.25, 0.3) is 0 Å². The summed E-state index contributed by atoms with van der Waals surface area (Å²) in [7, 11) is 1.22. The minimum atomic E-state index is -1.75. The van der Waals surface area contributed by atoms with Crippen LogP contribution in [0.15, 0.2) is 11.3 Å². The third-order valence-electron chi connectivity index (χ3n) is 4.65. The molecular formula is C17H23N3O9S. The van der Waals surface area contributed by atoms with Gasteiger partial charge in [-0.05, 0) is 12.8 Å². The van der Waals surface area contributed by atoms with E-state index in [4.69, 9.17) is 20.3 Å². The molecule has 1 fully saturated rings. The summed E-state index contributed by atoms with van der Waals surface area (Å²) in [5, 5.41) is 20.0. The Morgan fingerprint density at radius 1 is 1.37 bits per heavy atom. The number of β-lactam (4-membered cyclic amide) rings is 1. The molecule has 2 aliphatic rings. The van der Waals surface area contributed by atoms with Crippen molar-refractivity contribution in [2.24, 2.45) is 5.73 Å². The lowest BCUT2D eigenvalue weighted by Gasteiger charge is -2.55. The number of carbonyl (C=O) groups is 5. The van der Waals surface area contributed by atoms with Gasteiger partial charge in [-0.2, -0.15) is 0 Å². The molecule has 3 atom stereocenters. The Balaban J connectivity index is 2.11. The van der Waals surface area contributed by atoms with Crippen molar-refractivity contribution < 1.29 is 43.7 Å². The molecule has 0 unspecified atom stereocenters. The smallest absolute Gasteiger partial charge is 0.352 e. The van der Waals surface area contributed by atoms with Crippen molar-refractivity contribution in [2.75, 3.05) is 19.5 Å². The Labute approximate surface area is 175 Å². The maximum Gasteiger partial charge on any atom is 0.352 e. The molecule has 0 aromatic heterocycles. The second-order valence-electron chi connectivity index (χ2n) is 6.70. The second kappa shape index (κ2) is 9.45. The predicted octanol–water partition coefficient (Wildman–Crippen LogP) is -1.16. The first-order valence-electron chi connectivity index (χ1n) is 8.93. The Hall–Kier alpha value is -2.64. The van der Waals surface area contributed by atoms with Gasteiger partial charge in [-0.25, -0.2) is 4.79 Å². The third-order valence-corrected chi connectivity index (χ3v) is 6.02. The number of ether oxygens (including phenoxy) is 2. The van der Waals surface area contributed by atoms with Crippen LogP contribution in [0.1, 0.15) is 26.2 Å². The van der Waals surface area contributed by atoms with Gasteiger partial charge in [0.15, 0.2) is 0 Å². The van der Waals surface area contributed by atoms with Crippen molar-refractivity contribution in [1.29, 1.82) is 0 Å². The molecule has 0 saturated carbocycles. The summed E-state index contributed by atoms with van der Waals surface area (Å²) < 4.78 is 10.2. The average Bonchev–Trinajstić information content (AvgIpc) is 2.68. The summed E-state index contributed by atoms with van der Waals surface area (Å²) in [4.78, 5) is 59.6. The molecular weight excluding hydrogens is 422 g/mol. The lowest BCUT2D eigenvalue weighted by molar-refractivity contribution is -0.192. The first kappa shape index (κ1) is 23.6. The summed E-state index contributed by atoms with van der Waals surface area (Å²) in [5.74, 6) is -4.31. The number of thioether (sulfide) groups is 1. The van der Waals surface area contributed by atoms with Gasteiger partial charge in [0.1, 0.15) is 23.7 Å². The molecule has 2 rings (SSSR count). The first-order valence-corrected chi connectivity index (χ1v) is 9.98. The van der Waals surface area contributed by atoms with Crippen LogP contribution < -0.4 is 11.1 Å². The molecule has 0 radical (unpaired) electrons. The molecule has 2 heterocycles. The van der Waals surface area contributed by atoms with Gasteiger partial charge >= 0.3 is 17.9 Å². The van der Waals surface area contributed by atoms with E-state index in [1.807, 2.05) is 0 Å². The van der Waals surface area contributed by atoms with E-state index in [-0.39, 0.29) is 42.9 Å². The molecule has 13 heteroatoms. The zero-order valence-corrected chi connectivity index (χ0v) is 17.2. The van der Waals surface area contributed by atoms with E-state index in [0.29, 0.717) is 0 Å². The van der Waals surface area contributed by atoms with Gasteiger partial charge in [0, 0.05) is 31.8 Å². The zero-order valence-electron chi connectivity index (χ0n) is 16.4. The van der Waals surface area contributed by atoms with Crippen LogP contribution in [-0.2, 0) is 33.4 Å². The van der Waals surface area contributed by atoms with Gasteiger partial charge in [-0.3, -0.25) is 24.1 Å². The number of nitrogens with two attached hydrogens (primary N) is 1. The third kappa shape index (κ3) is 4.57. The Kier molecular flexibility index (Phi) is 7.44. The molecule has 0 bridgehead atoms. The summed E-state index contributed by atoms with van der Waals surface area (Å²) in [6.45, 7) is 0.917. The molecule has 30 heavy (non-hydrogen) atoms. The lowest BCUT2D eigenvalue weighted by Crippen LogP contribution is -2.80. The van der Waals surface area contributed by atoms with Crippen molar-refractivity contribution >= 4 is 41.5 Å². The van der Waals surface area contributed by atoms with Crippen LogP contribution in [0.3, 0.4) is 0 Å². The predicted molar refractivity (Wildman–Crippen MR) is 102 cm³/mol. The van der Waals surface area contributed by atoms with Gasteiger partial charge in [0.25, 0.3) is 11.6 Å². The minimum Gasteiger partial charge on any atom is -0.480 e. The van der Waals surface area contributed by atoms with E-state index in [0.717, 1.165) is 16.7 Å². The number of rotatable bonds is 10. The van der Waals surface area contributed by atoms with Gasteiger partial charge in [-0.1, -0.05) is 0 Å². The Bertz CT molecular complexity index is 799. The molecule has 166 valence electrons. The number of fused-ring (bicyclic) bond motifs is 1. The normalized spacial score (nSPS) is 23.9. The monoisotopic (exact) mass is 445 g/mol. The van der Waals surface area contributed by atoms with E-state index in [9.17, 15) is 29.1 Å². The number of carboxylic acids is 2. The number of hydrogen-bond donors (Lipinski definition) is 4. The lowest BCUT2D eigenvalue weighted by atomic mass is 9.97. The minimum absolute atomic E-state index is 0.0758. The number of nitrogens with zero attached hydrogens (tertiary/aromatic N) is 1. The van der Waals surface area contributed by atoms with Gasteiger partial charge < -0.3 is 30.7 Å². The van der Waals surface area contributed by atoms with Crippen LogP contribution in [0.2, 0.25) is 0 Å². The van der Waals surface area contributed by atoms with Gasteiger partial charge in [0.2, 0.25) is 5.91 Å². The van der Waals surface area contributed by atoms with Crippen molar-refractivity contribution in [3.8, 4) is 0 Å².